The maximum atomic E-state index is 13.0. The monoisotopic (exact) mass is 548 g/mol. The molecule has 212 valence electrons. The smallest absolute Gasteiger partial charge is 0.327 e. The summed E-state index contributed by atoms with van der Waals surface area (Å²) in [5, 5.41) is 21.0. The van der Waals surface area contributed by atoms with Crippen molar-refractivity contribution < 1.29 is 33.9 Å². The minimum atomic E-state index is -1.27. The van der Waals surface area contributed by atoms with Crippen LogP contribution in [0.25, 0.3) is 0 Å². The van der Waals surface area contributed by atoms with Gasteiger partial charge in [0.25, 0.3) is 0 Å². The van der Waals surface area contributed by atoms with Gasteiger partial charge in [0.2, 0.25) is 29.5 Å². The predicted molar refractivity (Wildman–Crippen MR) is 138 cm³/mol. The third-order valence-corrected chi connectivity index (χ3v) is 5.41. The Morgan fingerprint density at radius 3 is 1.59 bits per heavy atom. The molecule has 0 bridgehead atoms. The minimum Gasteiger partial charge on any atom is -0.480 e. The zero-order valence-electron chi connectivity index (χ0n) is 20.8. The van der Waals surface area contributed by atoms with Crippen LogP contribution < -0.4 is 43.8 Å². The molecule has 0 saturated carbocycles. The lowest BCUT2D eigenvalue weighted by Gasteiger charge is -2.23. The first-order valence-electron chi connectivity index (χ1n) is 12.0. The van der Waals surface area contributed by atoms with Gasteiger partial charge >= 0.3 is 5.97 Å². The molecular formula is C21H40N8O7S. The van der Waals surface area contributed by atoms with Crippen LogP contribution in [-0.4, -0.2) is 97.2 Å². The van der Waals surface area contributed by atoms with Gasteiger partial charge < -0.3 is 48.9 Å². The molecule has 0 aliphatic heterocycles. The Hall–Kier alpha value is -2.95. The van der Waals surface area contributed by atoms with Gasteiger partial charge in [-0.25, -0.2) is 4.79 Å². The minimum absolute atomic E-state index is 0.139. The van der Waals surface area contributed by atoms with Crippen molar-refractivity contribution in [1.29, 1.82) is 0 Å². The van der Waals surface area contributed by atoms with E-state index in [0.717, 1.165) is 0 Å². The van der Waals surface area contributed by atoms with Gasteiger partial charge in [-0.15, -0.1) is 0 Å². The van der Waals surface area contributed by atoms with E-state index >= 15 is 0 Å². The fourth-order valence-corrected chi connectivity index (χ4v) is 3.26. The molecule has 5 amide bonds. The van der Waals surface area contributed by atoms with E-state index in [4.69, 9.17) is 22.3 Å². The number of thiol groups is 1. The van der Waals surface area contributed by atoms with Crippen LogP contribution in [0.3, 0.4) is 0 Å². The summed E-state index contributed by atoms with van der Waals surface area (Å²) in [6, 6.07) is -3.27. The summed E-state index contributed by atoms with van der Waals surface area (Å²) in [4.78, 5) is 72.3. The molecule has 0 saturated heterocycles. The molecule has 0 aromatic carbocycles. The van der Waals surface area contributed by atoms with Crippen LogP contribution in [-0.2, 0) is 28.8 Å². The van der Waals surface area contributed by atoms with Crippen molar-refractivity contribution in [3.05, 3.63) is 0 Å². The average molecular weight is 549 g/mol. The van der Waals surface area contributed by atoms with E-state index in [1.165, 1.54) is 0 Å². The van der Waals surface area contributed by atoms with E-state index in [0.29, 0.717) is 38.8 Å². The molecule has 0 rings (SSSR count). The van der Waals surface area contributed by atoms with Crippen LogP contribution in [0, 0.1) is 0 Å². The molecule has 0 aromatic rings. The highest BCUT2D eigenvalue weighted by molar-refractivity contribution is 7.80. The Morgan fingerprint density at radius 1 is 0.649 bits per heavy atom. The lowest BCUT2D eigenvalue weighted by atomic mass is 10.1. The second kappa shape index (κ2) is 20.1. The molecule has 0 heterocycles. The number of carbonyl (C=O) groups is 6. The quantitative estimate of drug-likeness (QED) is 0.0519. The van der Waals surface area contributed by atoms with Crippen molar-refractivity contribution in [3.8, 4) is 0 Å². The zero-order valence-corrected chi connectivity index (χ0v) is 21.7. The number of carboxylic acids is 1. The summed E-state index contributed by atoms with van der Waals surface area (Å²) in [6.45, 7) is -0.432. The summed E-state index contributed by atoms with van der Waals surface area (Å²) in [6.07, 6.45) is 2.64. The van der Waals surface area contributed by atoms with E-state index in [2.05, 4.69) is 39.2 Å². The maximum absolute atomic E-state index is 13.0. The van der Waals surface area contributed by atoms with Crippen molar-refractivity contribution >= 4 is 48.1 Å². The van der Waals surface area contributed by atoms with Gasteiger partial charge in [0.15, 0.2) is 0 Å². The van der Waals surface area contributed by atoms with Crippen molar-refractivity contribution in [2.24, 2.45) is 17.2 Å². The predicted octanol–water partition coefficient (Wildman–Crippen LogP) is -4.10. The van der Waals surface area contributed by atoms with E-state index in [9.17, 15) is 28.8 Å². The highest BCUT2D eigenvalue weighted by Gasteiger charge is 2.27. The molecule has 16 heteroatoms. The number of hydrogen-bond acceptors (Lipinski definition) is 10. The first kappa shape index (κ1) is 34.0. The normalized spacial score (nSPS) is 13.0. The molecule has 0 aliphatic carbocycles. The standard InChI is InChI=1S/C21H40N8O7S/c22-7-3-1-5-13(19(33)26-11-18(32)28-15(12-37)21(35)36)29-20(34)14(6-2-4-8-23)27-17(31)10-25-16(30)9-24/h13-15,37H,1-12,22-24H2,(H,25,30)(H,26,33)(H,27,31)(H,28,32)(H,29,34)(H,35,36). The Kier molecular flexibility index (Phi) is 18.5. The highest BCUT2D eigenvalue weighted by Crippen LogP contribution is 2.05. The number of unbranched alkanes of at least 4 members (excludes halogenated alkanes) is 2. The van der Waals surface area contributed by atoms with Crippen LogP contribution >= 0.6 is 12.6 Å². The van der Waals surface area contributed by atoms with Crippen molar-refractivity contribution in [2.45, 2.75) is 56.7 Å². The number of carboxylic acid groups (broad SMARTS) is 1. The number of nitrogens with two attached hydrogens (primary N) is 3. The third-order valence-electron chi connectivity index (χ3n) is 5.05. The van der Waals surface area contributed by atoms with E-state index < -0.39 is 60.2 Å². The lowest BCUT2D eigenvalue weighted by Crippen LogP contribution is -2.55. The number of aliphatic carboxylic acids is 1. The lowest BCUT2D eigenvalue weighted by molar-refractivity contribution is -0.141. The van der Waals surface area contributed by atoms with Gasteiger partial charge in [-0.2, -0.15) is 12.6 Å². The van der Waals surface area contributed by atoms with Crippen molar-refractivity contribution in [1.82, 2.24) is 26.6 Å². The van der Waals surface area contributed by atoms with Crippen LogP contribution in [0.1, 0.15) is 38.5 Å². The van der Waals surface area contributed by atoms with Gasteiger partial charge in [-0.1, -0.05) is 0 Å². The Labute approximate surface area is 221 Å². The van der Waals surface area contributed by atoms with Crippen molar-refractivity contribution in [2.75, 3.05) is 38.5 Å². The molecule has 15 nitrogen and oxygen atoms in total. The molecule has 0 radical (unpaired) electrons. The maximum Gasteiger partial charge on any atom is 0.327 e. The topological polar surface area (TPSA) is 261 Å². The third kappa shape index (κ3) is 15.7. The van der Waals surface area contributed by atoms with E-state index in [1.807, 2.05) is 0 Å². The van der Waals surface area contributed by atoms with Gasteiger partial charge in [0.1, 0.15) is 18.1 Å². The molecule has 37 heavy (non-hydrogen) atoms. The summed E-state index contributed by atoms with van der Waals surface area (Å²) in [7, 11) is 0. The fraction of sp³-hybridized carbons (Fsp3) is 0.714. The summed E-state index contributed by atoms with van der Waals surface area (Å²) in [5.74, 6) is -4.61. The van der Waals surface area contributed by atoms with Crippen LogP contribution in [0.2, 0.25) is 0 Å². The molecule has 12 N–H and O–H groups in total. The number of carbonyl (C=O) groups excluding carboxylic acids is 5. The van der Waals surface area contributed by atoms with Crippen LogP contribution in [0.4, 0.5) is 0 Å². The molecule has 3 unspecified atom stereocenters. The molecule has 0 aromatic heterocycles. The average Bonchev–Trinajstić information content (AvgIpc) is 2.87. The second-order valence-electron chi connectivity index (χ2n) is 8.09. The summed E-state index contributed by atoms with van der Waals surface area (Å²) >= 11 is 3.85. The van der Waals surface area contributed by atoms with Gasteiger partial charge in [0, 0.05) is 5.75 Å². The second-order valence-corrected chi connectivity index (χ2v) is 8.45. The molecular weight excluding hydrogens is 508 g/mol. The molecule has 0 fully saturated rings. The first-order valence-corrected chi connectivity index (χ1v) is 12.6. The first-order chi connectivity index (χ1) is 17.6. The Balaban J connectivity index is 5.26. The molecule has 3 atom stereocenters. The largest absolute Gasteiger partial charge is 0.480 e. The van der Waals surface area contributed by atoms with Crippen molar-refractivity contribution in [3.63, 3.8) is 0 Å². The van der Waals surface area contributed by atoms with Gasteiger partial charge in [-0.05, 0) is 51.6 Å². The van der Waals surface area contributed by atoms with Gasteiger partial charge in [0.05, 0.1) is 19.6 Å². The Morgan fingerprint density at radius 2 is 1.14 bits per heavy atom. The summed E-state index contributed by atoms with van der Waals surface area (Å²) < 4.78 is 0. The zero-order chi connectivity index (χ0) is 28.2. The molecule has 0 aliphatic rings. The summed E-state index contributed by atoms with van der Waals surface area (Å²) in [5.41, 5.74) is 16.2. The highest BCUT2D eigenvalue weighted by atomic mass is 32.1. The van der Waals surface area contributed by atoms with Crippen LogP contribution in [0.5, 0.6) is 0 Å². The van der Waals surface area contributed by atoms with Gasteiger partial charge in [-0.3, -0.25) is 24.0 Å². The SMILES string of the molecule is NCCCCC(NC(=O)CNC(=O)CN)C(=O)NC(CCCCN)C(=O)NCC(=O)NC(CS)C(=O)O. The fourth-order valence-electron chi connectivity index (χ4n) is 3.01. The van der Waals surface area contributed by atoms with Crippen LogP contribution in [0.15, 0.2) is 0 Å². The Bertz CT molecular complexity index is 771. The number of amides is 5. The number of hydrogen-bond donors (Lipinski definition) is 10. The molecule has 0 spiro atoms. The van der Waals surface area contributed by atoms with E-state index in [-0.39, 0.29) is 31.7 Å². The number of rotatable bonds is 20. The van der Waals surface area contributed by atoms with E-state index in [1.54, 1.807) is 0 Å². The number of nitrogens with one attached hydrogen (secondary N) is 5.